The maximum atomic E-state index is 12.3. The molecular weight excluding hydrogens is 409 g/mol. The summed E-state index contributed by atoms with van der Waals surface area (Å²) in [6, 6.07) is 12.1. The molecule has 1 aliphatic rings. The van der Waals surface area contributed by atoms with Gasteiger partial charge in [0, 0.05) is 16.6 Å². The van der Waals surface area contributed by atoms with Crippen LogP contribution in [0.1, 0.15) is 54.9 Å². The van der Waals surface area contributed by atoms with E-state index >= 15 is 0 Å². The largest absolute Gasteiger partial charge is 0.326 e. The molecule has 0 saturated heterocycles. The van der Waals surface area contributed by atoms with Crippen molar-refractivity contribution in [2.75, 3.05) is 5.32 Å². The lowest BCUT2D eigenvalue weighted by molar-refractivity contribution is -0.120. The molecule has 5 nitrogen and oxygen atoms in total. The number of hydrazone groups is 1. The first kappa shape index (κ1) is 21.3. The predicted octanol–water partition coefficient (Wildman–Crippen LogP) is 5.67. The van der Waals surface area contributed by atoms with Crippen molar-refractivity contribution in [3.8, 4) is 0 Å². The van der Waals surface area contributed by atoms with Gasteiger partial charge in [-0.3, -0.25) is 9.59 Å². The van der Waals surface area contributed by atoms with Gasteiger partial charge in [-0.15, -0.1) is 0 Å². The van der Waals surface area contributed by atoms with Crippen LogP contribution < -0.4 is 10.7 Å². The molecule has 0 aliphatic heterocycles. The topological polar surface area (TPSA) is 70.6 Å². The van der Waals surface area contributed by atoms with E-state index in [2.05, 4.69) is 15.8 Å². The fourth-order valence-corrected chi connectivity index (χ4v) is 3.83. The third kappa shape index (κ3) is 5.81. The van der Waals surface area contributed by atoms with Crippen molar-refractivity contribution < 1.29 is 9.59 Å². The second-order valence-electron chi connectivity index (χ2n) is 7.16. The van der Waals surface area contributed by atoms with Crippen LogP contribution in [-0.2, 0) is 4.79 Å². The van der Waals surface area contributed by atoms with Crippen LogP contribution in [0.4, 0.5) is 5.69 Å². The monoisotopic (exact) mass is 431 g/mol. The van der Waals surface area contributed by atoms with E-state index in [0.29, 0.717) is 16.3 Å². The molecule has 3 rings (SSSR count). The first-order chi connectivity index (χ1) is 13.9. The molecule has 0 aromatic heterocycles. The molecule has 0 radical (unpaired) electrons. The Morgan fingerprint density at radius 2 is 1.69 bits per heavy atom. The van der Waals surface area contributed by atoms with Crippen molar-refractivity contribution in [3.05, 3.63) is 63.6 Å². The van der Waals surface area contributed by atoms with Crippen molar-refractivity contribution in [3.63, 3.8) is 0 Å². The van der Waals surface area contributed by atoms with E-state index < -0.39 is 5.91 Å². The predicted molar refractivity (Wildman–Crippen MR) is 118 cm³/mol. The minimum Gasteiger partial charge on any atom is -0.326 e. The Hall–Kier alpha value is -2.37. The summed E-state index contributed by atoms with van der Waals surface area (Å²) in [7, 11) is 0. The van der Waals surface area contributed by atoms with Gasteiger partial charge in [-0.1, -0.05) is 54.6 Å². The summed E-state index contributed by atoms with van der Waals surface area (Å²) in [5, 5.41) is 7.85. The van der Waals surface area contributed by atoms with Gasteiger partial charge < -0.3 is 5.32 Å². The Balaban J connectivity index is 1.59. The molecule has 2 aromatic rings. The average molecular weight is 432 g/mol. The van der Waals surface area contributed by atoms with E-state index in [4.69, 9.17) is 23.2 Å². The van der Waals surface area contributed by atoms with Gasteiger partial charge in [0.1, 0.15) is 0 Å². The summed E-state index contributed by atoms with van der Waals surface area (Å²) in [6.07, 6.45) is 5.40. The van der Waals surface area contributed by atoms with E-state index in [1.807, 2.05) is 24.3 Å². The van der Waals surface area contributed by atoms with E-state index in [1.54, 1.807) is 19.1 Å². The van der Waals surface area contributed by atoms with E-state index in [9.17, 15) is 9.59 Å². The molecule has 0 heterocycles. The molecule has 0 bridgehead atoms. The zero-order chi connectivity index (χ0) is 20.8. The molecule has 152 valence electrons. The number of hydrogen-bond donors (Lipinski definition) is 2. The van der Waals surface area contributed by atoms with Crippen LogP contribution in [0.25, 0.3) is 0 Å². The molecule has 1 fully saturated rings. The summed E-state index contributed by atoms with van der Waals surface area (Å²) in [6.45, 7) is 1.79. The number of nitrogens with one attached hydrogen (secondary N) is 2. The Bertz CT molecular complexity index is 920. The van der Waals surface area contributed by atoms with Gasteiger partial charge in [0.15, 0.2) is 0 Å². The minimum atomic E-state index is -0.414. The summed E-state index contributed by atoms with van der Waals surface area (Å²) in [4.78, 5) is 24.6. The second-order valence-corrected chi connectivity index (χ2v) is 8.01. The maximum absolute atomic E-state index is 12.3. The molecule has 0 unspecified atom stereocenters. The summed E-state index contributed by atoms with van der Waals surface area (Å²) in [5.74, 6) is -0.209. The number of benzene rings is 2. The lowest BCUT2D eigenvalue weighted by Gasteiger charge is -2.20. The third-order valence-corrected chi connectivity index (χ3v) is 5.59. The molecule has 1 saturated carbocycles. The maximum Gasteiger partial charge on any atom is 0.272 e. The lowest BCUT2D eigenvalue weighted by Crippen LogP contribution is -2.24. The Morgan fingerprint density at radius 1 is 1.00 bits per heavy atom. The van der Waals surface area contributed by atoms with Crippen molar-refractivity contribution in [1.82, 2.24) is 5.43 Å². The smallest absolute Gasteiger partial charge is 0.272 e. The molecule has 7 heteroatoms. The zero-order valence-electron chi connectivity index (χ0n) is 16.2. The van der Waals surface area contributed by atoms with Crippen molar-refractivity contribution in [2.45, 2.75) is 39.0 Å². The summed E-state index contributed by atoms with van der Waals surface area (Å²) < 4.78 is 0. The first-order valence-corrected chi connectivity index (χ1v) is 10.4. The number of carbonyl (C=O) groups excluding carboxylic acids is 2. The Kier molecular flexibility index (Phi) is 7.29. The van der Waals surface area contributed by atoms with Gasteiger partial charge in [-0.05, 0) is 55.7 Å². The average Bonchev–Trinajstić information content (AvgIpc) is 2.73. The molecular formula is C22H23Cl2N3O2. The highest BCUT2D eigenvalue weighted by atomic mass is 35.5. The number of nitrogens with zero attached hydrogens (tertiary/aromatic N) is 1. The Labute approximate surface area is 180 Å². The normalized spacial score (nSPS) is 15.1. The Morgan fingerprint density at radius 3 is 2.34 bits per heavy atom. The highest BCUT2D eigenvalue weighted by Gasteiger charge is 2.21. The molecule has 1 aliphatic carbocycles. The molecule has 29 heavy (non-hydrogen) atoms. The van der Waals surface area contributed by atoms with E-state index in [1.165, 1.54) is 12.5 Å². The number of hydrogen-bond acceptors (Lipinski definition) is 3. The standard InChI is InChI=1S/C22H23Cl2N3O2/c1-14(26-27-22(29)19-12-9-17(23)13-20(19)24)15-7-10-18(11-8-15)25-21(28)16-5-3-2-4-6-16/h7-13,16H,2-6H2,1H3,(H,25,28)(H,27,29)/b26-14-. The van der Waals surface area contributed by atoms with Crippen LogP contribution in [0, 0.1) is 5.92 Å². The van der Waals surface area contributed by atoms with Crippen molar-refractivity contribution in [1.29, 1.82) is 0 Å². The molecule has 2 amide bonds. The number of rotatable bonds is 5. The first-order valence-electron chi connectivity index (χ1n) is 9.65. The fraction of sp³-hybridized carbons (Fsp3) is 0.318. The highest BCUT2D eigenvalue weighted by molar-refractivity contribution is 6.36. The fourth-order valence-electron chi connectivity index (χ4n) is 3.34. The molecule has 0 spiro atoms. The van der Waals surface area contributed by atoms with Gasteiger partial charge in [-0.2, -0.15) is 5.10 Å². The highest BCUT2D eigenvalue weighted by Crippen LogP contribution is 2.25. The number of anilines is 1. The van der Waals surface area contributed by atoms with Gasteiger partial charge >= 0.3 is 0 Å². The molecule has 0 atom stereocenters. The van der Waals surface area contributed by atoms with Crippen molar-refractivity contribution in [2.24, 2.45) is 11.0 Å². The van der Waals surface area contributed by atoms with Crippen LogP contribution >= 0.6 is 23.2 Å². The lowest BCUT2D eigenvalue weighted by atomic mass is 9.88. The molecule has 2 N–H and O–H groups in total. The zero-order valence-corrected chi connectivity index (χ0v) is 17.7. The summed E-state index contributed by atoms with van der Waals surface area (Å²) >= 11 is 11.9. The van der Waals surface area contributed by atoms with Gasteiger partial charge in [-0.25, -0.2) is 5.43 Å². The van der Waals surface area contributed by atoms with Crippen molar-refractivity contribution >= 4 is 46.4 Å². The van der Waals surface area contributed by atoms with Gasteiger partial charge in [0.25, 0.3) is 5.91 Å². The van der Waals surface area contributed by atoms with Crippen LogP contribution in [0.15, 0.2) is 47.6 Å². The SMILES string of the molecule is C/C(=N/NC(=O)c1ccc(Cl)cc1Cl)c1ccc(NC(=O)C2CCCCC2)cc1. The second kappa shape index (κ2) is 9.90. The molecule has 2 aromatic carbocycles. The van der Waals surface area contributed by atoms with Crippen LogP contribution in [0.3, 0.4) is 0 Å². The van der Waals surface area contributed by atoms with Crippen LogP contribution in [0.2, 0.25) is 10.0 Å². The van der Waals surface area contributed by atoms with E-state index in [-0.39, 0.29) is 16.8 Å². The minimum absolute atomic E-state index is 0.0925. The van der Waals surface area contributed by atoms with Gasteiger partial charge in [0.05, 0.1) is 16.3 Å². The number of carbonyl (C=O) groups is 2. The number of halogens is 2. The van der Waals surface area contributed by atoms with Crippen LogP contribution in [0.5, 0.6) is 0 Å². The third-order valence-electron chi connectivity index (χ3n) is 5.05. The quantitative estimate of drug-likeness (QED) is 0.472. The summed E-state index contributed by atoms with van der Waals surface area (Å²) in [5.41, 5.74) is 5.03. The van der Waals surface area contributed by atoms with Crippen LogP contribution in [-0.4, -0.2) is 17.5 Å². The van der Waals surface area contributed by atoms with E-state index in [0.717, 1.165) is 36.9 Å². The number of amides is 2. The van der Waals surface area contributed by atoms with Gasteiger partial charge in [0.2, 0.25) is 5.91 Å².